The summed E-state index contributed by atoms with van der Waals surface area (Å²) in [5, 5.41) is 0. The van der Waals surface area contributed by atoms with Crippen molar-refractivity contribution in [1.29, 1.82) is 0 Å². The Morgan fingerprint density at radius 2 is 1.92 bits per heavy atom. The van der Waals surface area contributed by atoms with Crippen LogP contribution in [-0.2, 0) is 10.0 Å². The third kappa shape index (κ3) is 3.29. The fraction of sp³-hybridized carbons (Fsp3) is 0.312. The molecule has 0 spiro atoms. The summed E-state index contributed by atoms with van der Waals surface area (Å²) in [4.78, 5) is 11.5. The molecule has 0 bridgehead atoms. The Balaban J connectivity index is 1.68. The van der Waals surface area contributed by atoms with Crippen LogP contribution in [0.4, 0.5) is 0 Å². The zero-order valence-electron chi connectivity index (χ0n) is 13.3. The maximum atomic E-state index is 12.5. The third-order valence-electron chi connectivity index (χ3n) is 3.66. The fourth-order valence-electron chi connectivity index (χ4n) is 2.42. The third-order valence-corrected chi connectivity index (χ3v) is 5.49. The summed E-state index contributed by atoms with van der Waals surface area (Å²) in [6, 6.07) is 9.16. The van der Waals surface area contributed by atoms with Crippen LogP contribution in [0.15, 0.2) is 50.5 Å². The van der Waals surface area contributed by atoms with E-state index in [1.54, 1.807) is 25.1 Å². The molecule has 2 aromatic rings. The van der Waals surface area contributed by atoms with Crippen LogP contribution in [0.1, 0.15) is 5.76 Å². The maximum Gasteiger partial charge on any atom is 0.339 e. The second-order valence-corrected chi connectivity index (χ2v) is 7.40. The van der Waals surface area contributed by atoms with Crippen LogP contribution < -0.4 is 15.1 Å². The van der Waals surface area contributed by atoms with E-state index in [-0.39, 0.29) is 24.1 Å². The quantitative estimate of drug-likeness (QED) is 0.810. The van der Waals surface area contributed by atoms with Gasteiger partial charge in [0, 0.05) is 12.1 Å². The first-order valence-corrected chi connectivity index (χ1v) is 8.75. The molecule has 0 saturated carbocycles. The van der Waals surface area contributed by atoms with E-state index in [1.807, 2.05) is 0 Å². The summed E-state index contributed by atoms with van der Waals surface area (Å²) in [6.07, 6.45) is -0.299. The minimum atomic E-state index is -3.58. The number of benzene rings is 1. The second-order valence-electron chi connectivity index (χ2n) is 5.46. The molecule has 1 saturated heterocycles. The van der Waals surface area contributed by atoms with Crippen molar-refractivity contribution in [3.8, 4) is 11.5 Å². The highest BCUT2D eigenvalue weighted by Gasteiger charge is 2.38. The zero-order valence-corrected chi connectivity index (χ0v) is 14.1. The lowest BCUT2D eigenvalue weighted by Crippen LogP contribution is -2.55. The summed E-state index contributed by atoms with van der Waals surface area (Å²) in [6.45, 7) is 2.09. The van der Waals surface area contributed by atoms with Gasteiger partial charge in [0.2, 0.25) is 10.0 Å². The van der Waals surface area contributed by atoms with E-state index >= 15 is 0 Å². The summed E-state index contributed by atoms with van der Waals surface area (Å²) in [5.74, 6) is 1.31. The van der Waals surface area contributed by atoms with E-state index in [1.165, 1.54) is 29.6 Å². The summed E-state index contributed by atoms with van der Waals surface area (Å²) < 4.78 is 41.9. The van der Waals surface area contributed by atoms with Gasteiger partial charge in [0.15, 0.2) is 0 Å². The van der Waals surface area contributed by atoms with Crippen molar-refractivity contribution in [2.75, 3.05) is 20.2 Å². The molecule has 0 amide bonds. The van der Waals surface area contributed by atoms with Crippen molar-refractivity contribution < 1.29 is 22.3 Å². The van der Waals surface area contributed by atoms with Crippen molar-refractivity contribution in [1.82, 2.24) is 4.31 Å². The van der Waals surface area contributed by atoms with Gasteiger partial charge in [-0.25, -0.2) is 13.2 Å². The lowest BCUT2D eigenvalue weighted by Gasteiger charge is -2.37. The number of rotatable bonds is 5. The van der Waals surface area contributed by atoms with Gasteiger partial charge in [-0.15, -0.1) is 0 Å². The summed E-state index contributed by atoms with van der Waals surface area (Å²) in [5.41, 5.74) is -0.495. The molecule has 2 heterocycles. The van der Waals surface area contributed by atoms with Gasteiger partial charge in [0.05, 0.1) is 31.2 Å². The first kappa shape index (κ1) is 16.5. The minimum absolute atomic E-state index is 0.177. The molecule has 8 heteroatoms. The first-order valence-electron chi connectivity index (χ1n) is 7.31. The highest BCUT2D eigenvalue weighted by Crippen LogP contribution is 2.26. The molecule has 0 atom stereocenters. The van der Waals surface area contributed by atoms with Crippen LogP contribution in [0.25, 0.3) is 0 Å². The van der Waals surface area contributed by atoms with E-state index in [0.29, 0.717) is 17.3 Å². The molecule has 1 aromatic heterocycles. The van der Waals surface area contributed by atoms with Gasteiger partial charge in [0.1, 0.15) is 23.4 Å². The molecule has 24 heavy (non-hydrogen) atoms. The second kappa shape index (κ2) is 6.29. The molecular weight excluding hydrogens is 334 g/mol. The molecule has 1 aromatic carbocycles. The topological polar surface area (TPSA) is 86.1 Å². The number of methoxy groups -OCH3 is 1. The first-order chi connectivity index (χ1) is 11.4. The molecule has 1 fully saturated rings. The standard InChI is InChI=1S/C16H17NO6S/c1-11-6-13(8-16(18)22-11)23-14-9-17(10-14)24(19,20)15-5-3-4-12(7-15)21-2/h3-8,14H,9-10H2,1-2H3. The van der Waals surface area contributed by atoms with Crippen molar-refractivity contribution in [2.24, 2.45) is 0 Å². The average molecular weight is 351 g/mol. The molecule has 1 aliphatic heterocycles. The van der Waals surface area contributed by atoms with Gasteiger partial charge < -0.3 is 13.9 Å². The molecule has 7 nitrogen and oxygen atoms in total. The Bertz CT molecular complexity index is 899. The number of nitrogens with zero attached hydrogens (tertiary/aromatic N) is 1. The van der Waals surface area contributed by atoms with E-state index in [4.69, 9.17) is 13.9 Å². The fourth-order valence-corrected chi connectivity index (χ4v) is 3.96. The monoisotopic (exact) mass is 351 g/mol. The van der Waals surface area contributed by atoms with Crippen molar-refractivity contribution >= 4 is 10.0 Å². The van der Waals surface area contributed by atoms with Gasteiger partial charge in [-0.3, -0.25) is 0 Å². The predicted molar refractivity (Wildman–Crippen MR) is 85.9 cm³/mol. The number of hydrogen-bond acceptors (Lipinski definition) is 6. The molecule has 0 radical (unpaired) electrons. The van der Waals surface area contributed by atoms with Gasteiger partial charge in [-0.1, -0.05) is 6.07 Å². The van der Waals surface area contributed by atoms with Gasteiger partial charge in [0.25, 0.3) is 0 Å². The van der Waals surface area contributed by atoms with Gasteiger partial charge in [-0.05, 0) is 19.1 Å². The van der Waals surface area contributed by atoms with Crippen molar-refractivity contribution in [2.45, 2.75) is 17.9 Å². The largest absolute Gasteiger partial charge is 0.497 e. The van der Waals surface area contributed by atoms with Crippen LogP contribution in [0.5, 0.6) is 11.5 Å². The lowest BCUT2D eigenvalue weighted by atomic mass is 10.2. The van der Waals surface area contributed by atoms with E-state index in [0.717, 1.165) is 0 Å². The Morgan fingerprint density at radius 1 is 1.17 bits per heavy atom. The molecule has 128 valence electrons. The summed E-state index contributed by atoms with van der Waals surface area (Å²) in [7, 11) is -2.10. The molecular formula is C16H17NO6S. The number of sulfonamides is 1. The van der Waals surface area contributed by atoms with Crippen LogP contribution in [-0.4, -0.2) is 39.0 Å². The highest BCUT2D eigenvalue weighted by molar-refractivity contribution is 7.89. The molecule has 1 aliphatic rings. The van der Waals surface area contributed by atoms with Crippen LogP contribution in [0.2, 0.25) is 0 Å². The van der Waals surface area contributed by atoms with Crippen molar-refractivity contribution in [3.05, 3.63) is 52.6 Å². The van der Waals surface area contributed by atoms with E-state index in [2.05, 4.69) is 0 Å². The highest BCUT2D eigenvalue weighted by atomic mass is 32.2. The minimum Gasteiger partial charge on any atom is -0.497 e. The van der Waals surface area contributed by atoms with Crippen LogP contribution in [0, 0.1) is 6.92 Å². The van der Waals surface area contributed by atoms with Gasteiger partial charge in [-0.2, -0.15) is 4.31 Å². The molecule has 0 N–H and O–H groups in total. The Kier molecular flexibility index (Phi) is 4.33. The smallest absolute Gasteiger partial charge is 0.339 e. The Hall–Kier alpha value is -2.32. The van der Waals surface area contributed by atoms with E-state index < -0.39 is 15.6 Å². The maximum absolute atomic E-state index is 12.5. The molecule has 0 aliphatic carbocycles. The number of hydrogen-bond donors (Lipinski definition) is 0. The van der Waals surface area contributed by atoms with Gasteiger partial charge >= 0.3 is 5.63 Å². The number of ether oxygens (including phenoxy) is 2. The zero-order chi connectivity index (χ0) is 17.3. The Morgan fingerprint density at radius 3 is 2.58 bits per heavy atom. The SMILES string of the molecule is COc1cccc(S(=O)(=O)N2CC(Oc3cc(C)oc(=O)c3)C2)c1. The van der Waals surface area contributed by atoms with Crippen molar-refractivity contribution in [3.63, 3.8) is 0 Å². The Labute approximate surface area is 139 Å². The average Bonchev–Trinajstić information content (AvgIpc) is 2.49. The predicted octanol–water partition coefficient (Wildman–Crippen LogP) is 1.41. The lowest BCUT2D eigenvalue weighted by molar-refractivity contribution is 0.0754. The number of aryl methyl sites for hydroxylation is 1. The normalized spacial score (nSPS) is 15.8. The van der Waals surface area contributed by atoms with Crippen LogP contribution >= 0.6 is 0 Å². The summed E-state index contributed by atoms with van der Waals surface area (Å²) >= 11 is 0. The van der Waals surface area contributed by atoms with E-state index in [9.17, 15) is 13.2 Å². The molecule has 3 rings (SSSR count). The molecule has 0 unspecified atom stereocenters. The van der Waals surface area contributed by atoms with Crippen LogP contribution in [0.3, 0.4) is 0 Å².